The molecule has 2 aromatic rings. The van der Waals surface area contributed by atoms with Gasteiger partial charge in [-0.1, -0.05) is 47.9 Å². The van der Waals surface area contributed by atoms with Crippen LogP contribution in [0, 0.1) is 18.8 Å². The van der Waals surface area contributed by atoms with Crippen molar-refractivity contribution in [2.75, 3.05) is 0 Å². The summed E-state index contributed by atoms with van der Waals surface area (Å²) in [5.41, 5.74) is 1.09. The van der Waals surface area contributed by atoms with E-state index in [4.69, 9.17) is 11.6 Å². The van der Waals surface area contributed by atoms with Crippen LogP contribution in [0.5, 0.6) is 0 Å². The molecule has 0 aliphatic carbocycles. The average Bonchev–Trinajstić information content (AvgIpc) is 2.28. The summed E-state index contributed by atoms with van der Waals surface area (Å²) in [4.78, 5) is 0. The predicted octanol–water partition coefficient (Wildman–Crippen LogP) is 3.87. The van der Waals surface area contributed by atoms with Crippen molar-refractivity contribution in [2.45, 2.75) is 6.42 Å². The third-order valence-electron chi connectivity index (χ3n) is 2.37. The quantitative estimate of drug-likeness (QED) is 0.631. The van der Waals surface area contributed by atoms with Gasteiger partial charge >= 0.3 is 0 Å². The molecule has 0 saturated carbocycles. The van der Waals surface area contributed by atoms with Gasteiger partial charge in [0, 0.05) is 18.4 Å². The molecule has 0 amide bonds. The van der Waals surface area contributed by atoms with Crippen LogP contribution in [0.2, 0.25) is 5.02 Å². The summed E-state index contributed by atoms with van der Waals surface area (Å²) in [6, 6.07) is 12.1. The second kappa shape index (κ2) is 4.38. The van der Waals surface area contributed by atoms with Crippen molar-refractivity contribution in [3.63, 3.8) is 0 Å². The highest BCUT2D eigenvalue weighted by atomic mass is 35.5. The van der Waals surface area contributed by atoms with E-state index >= 15 is 0 Å². The van der Waals surface area contributed by atoms with Crippen LogP contribution >= 0.6 is 11.6 Å². The number of benzene rings is 2. The zero-order chi connectivity index (χ0) is 10.7. The maximum atomic E-state index is 6.15. The third kappa shape index (κ3) is 1.98. The van der Waals surface area contributed by atoms with Crippen molar-refractivity contribution >= 4 is 22.4 Å². The minimum absolute atomic E-state index is 0.656. The van der Waals surface area contributed by atoms with Crippen LogP contribution in [-0.2, 0) is 6.42 Å². The maximum absolute atomic E-state index is 6.15. The SMILES string of the molecule is [CH2]C#CCc1c(Cl)ccc2ccccc12. The van der Waals surface area contributed by atoms with Crippen molar-refractivity contribution in [3.05, 3.63) is 53.9 Å². The summed E-state index contributed by atoms with van der Waals surface area (Å²) in [5, 5.41) is 3.15. The summed E-state index contributed by atoms with van der Waals surface area (Å²) in [5.74, 6) is 5.60. The van der Waals surface area contributed by atoms with E-state index in [0.29, 0.717) is 6.42 Å². The van der Waals surface area contributed by atoms with Gasteiger partial charge in [-0.15, -0.1) is 5.92 Å². The molecule has 0 unspecified atom stereocenters. The molecule has 0 nitrogen and oxygen atoms in total. The van der Waals surface area contributed by atoms with Gasteiger partial charge in [-0.05, 0) is 22.4 Å². The molecule has 1 heteroatoms. The fraction of sp³-hybridized carbons (Fsp3) is 0.0714. The molecule has 0 aliphatic heterocycles. The minimum atomic E-state index is 0.656. The molecular weight excluding hydrogens is 204 g/mol. The maximum Gasteiger partial charge on any atom is 0.0454 e. The normalized spacial score (nSPS) is 9.73. The Morgan fingerprint density at radius 3 is 2.73 bits per heavy atom. The smallest absolute Gasteiger partial charge is 0.0454 e. The van der Waals surface area contributed by atoms with Gasteiger partial charge in [0.05, 0.1) is 0 Å². The van der Waals surface area contributed by atoms with Gasteiger partial charge in [0.25, 0.3) is 0 Å². The molecule has 73 valence electrons. The largest absolute Gasteiger partial charge is 0.102 e. The molecule has 0 aromatic heterocycles. The molecule has 2 aromatic carbocycles. The molecule has 0 spiro atoms. The number of halogens is 1. The number of fused-ring (bicyclic) bond motifs is 1. The topological polar surface area (TPSA) is 0 Å². The monoisotopic (exact) mass is 213 g/mol. The fourth-order valence-electron chi connectivity index (χ4n) is 1.64. The standard InChI is InChI=1S/C14H10Cl/c1-2-3-7-13-12-8-5-4-6-11(12)9-10-14(13)15/h4-6,8-10H,1,7H2. The summed E-state index contributed by atoms with van der Waals surface area (Å²) >= 11 is 6.15. The number of hydrogen-bond acceptors (Lipinski definition) is 0. The molecule has 0 N–H and O–H groups in total. The lowest BCUT2D eigenvalue weighted by Crippen LogP contribution is -1.86. The van der Waals surface area contributed by atoms with Crippen molar-refractivity contribution in [1.29, 1.82) is 0 Å². The first-order chi connectivity index (χ1) is 7.33. The summed E-state index contributed by atoms with van der Waals surface area (Å²) in [7, 11) is 0. The lowest BCUT2D eigenvalue weighted by Gasteiger charge is -2.05. The molecule has 15 heavy (non-hydrogen) atoms. The Kier molecular flexibility index (Phi) is 2.94. The highest BCUT2D eigenvalue weighted by Gasteiger charge is 2.03. The minimum Gasteiger partial charge on any atom is -0.102 e. The molecule has 0 fully saturated rings. The highest BCUT2D eigenvalue weighted by molar-refractivity contribution is 6.32. The fourth-order valence-corrected chi connectivity index (χ4v) is 1.87. The van der Waals surface area contributed by atoms with Crippen LogP contribution in [0.15, 0.2) is 36.4 Å². The Morgan fingerprint density at radius 2 is 1.93 bits per heavy atom. The van der Waals surface area contributed by atoms with Crippen LogP contribution in [0.1, 0.15) is 5.56 Å². The van der Waals surface area contributed by atoms with E-state index in [0.717, 1.165) is 10.6 Å². The Morgan fingerprint density at radius 1 is 1.13 bits per heavy atom. The van der Waals surface area contributed by atoms with Crippen molar-refractivity contribution in [2.24, 2.45) is 0 Å². The van der Waals surface area contributed by atoms with E-state index in [-0.39, 0.29) is 0 Å². The van der Waals surface area contributed by atoms with Gasteiger partial charge < -0.3 is 0 Å². The molecule has 0 aliphatic rings. The van der Waals surface area contributed by atoms with E-state index in [1.54, 1.807) is 0 Å². The second-order valence-electron chi connectivity index (χ2n) is 3.28. The Bertz CT molecular complexity index is 544. The summed E-state index contributed by atoms with van der Waals surface area (Å²) < 4.78 is 0. The molecular formula is C14H10Cl. The zero-order valence-corrected chi connectivity index (χ0v) is 9.01. The molecule has 0 saturated heterocycles. The summed E-state index contributed by atoms with van der Waals surface area (Å²) in [6.45, 7) is 3.51. The molecule has 1 radical (unpaired) electrons. The number of hydrogen-bond donors (Lipinski definition) is 0. The van der Waals surface area contributed by atoms with E-state index in [2.05, 4.69) is 30.9 Å². The first kappa shape index (κ1) is 10.1. The van der Waals surface area contributed by atoms with Crippen LogP contribution < -0.4 is 0 Å². The van der Waals surface area contributed by atoms with Crippen molar-refractivity contribution in [3.8, 4) is 11.8 Å². The second-order valence-corrected chi connectivity index (χ2v) is 3.68. The lowest BCUT2D eigenvalue weighted by atomic mass is 10.0. The van der Waals surface area contributed by atoms with Gasteiger partial charge in [0.15, 0.2) is 0 Å². The zero-order valence-electron chi connectivity index (χ0n) is 8.26. The van der Waals surface area contributed by atoms with E-state index in [1.165, 1.54) is 10.8 Å². The van der Waals surface area contributed by atoms with E-state index in [9.17, 15) is 0 Å². The predicted molar refractivity (Wildman–Crippen MR) is 65.8 cm³/mol. The van der Waals surface area contributed by atoms with E-state index in [1.807, 2.05) is 24.3 Å². The van der Waals surface area contributed by atoms with Gasteiger partial charge in [-0.2, -0.15) is 0 Å². The highest BCUT2D eigenvalue weighted by Crippen LogP contribution is 2.26. The summed E-state index contributed by atoms with van der Waals surface area (Å²) in [6.07, 6.45) is 0.656. The molecule has 0 heterocycles. The Labute approximate surface area is 94.9 Å². The molecule has 0 atom stereocenters. The first-order valence-corrected chi connectivity index (χ1v) is 5.12. The van der Waals surface area contributed by atoms with Crippen molar-refractivity contribution < 1.29 is 0 Å². The lowest BCUT2D eigenvalue weighted by molar-refractivity contribution is 1.36. The van der Waals surface area contributed by atoms with Crippen LogP contribution in [0.25, 0.3) is 10.8 Å². The van der Waals surface area contributed by atoms with Gasteiger partial charge in [-0.25, -0.2) is 0 Å². The van der Waals surface area contributed by atoms with Gasteiger partial charge in [0.2, 0.25) is 0 Å². The van der Waals surface area contributed by atoms with Crippen LogP contribution in [-0.4, -0.2) is 0 Å². The average molecular weight is 214 g/mol. The van der Waals surface area contributed by atoms with Gasteiger partial charge in [-0.3, -0.25) is 0 Å². The van der Waals surface area contributed by atoms with Crippen molar-refractivity contribution in [1.82, 2.24) is 0 Å². The molecule has 0 bridgehead atoms. The first-order valence-electron chi connectivity index (χ1n) is 4.74. The van der Waals surface area contributed by atoms with Crippen LogP contribution in [0.3, 0.4) is 0 Å². The van der Waals surface area contributed by atoms with E-state index < -0.39 is 0 Å². The third-order valence-corrected chi connectivity index (χ3v) is 2.73. The van der Waals surface area contributed by atoms with Gasteiger partial charge in [0.1, 0.15) is 0 Å². The van der Waals surface area contributed by atoms with Crippen LogP contribution in [0.4, 0.5) is 0 Å². The Balaban J connectivity index is 2.66. The molecule has 2 rings (SSSR count). The number of rotatable bonds is 1. The Hall–Kier alpha value is -1.45.